The first kappa shape index (κ1) is 28.5. The Bertz CT molecular complexity index is 3460. The smallest absolute Gasteiger partial charge is 0.235 e. The zero-order chi connectivity index (χ0) is 34.6. The van der Waals surface area contributed by atoms with Gasteiger partial charge in [-0.1, -0.05) is 97.1 Å². The number of nitrogens with zero attached hydrogens (tertiary/aromatic N) is 4. The van der Waals surface area contributed by atoms with Crippen LogP contribution in [0, 0.1) is 0 Å². The predicted molar refractivity (Wildman–Crippen MR) is 218 cm³/mol. The molecule has 246 valence electrons. The summed E-state index contributed by atoms with van der Waals surface area (Å²) in [5.74, 6) is 0.638. The molecule has 0 amide bonds. The maximum absolute atomic E-state index is 6.37. The minimum absolute atomic E-state index is 0.638. The summed E-state index contributed by atoms with van der Waals surface area (Å²) in [6, 6.07) is 60.0. The van der Waals surface area contributed by atoms with Crippen LogP contribution < -0.4 is 0 Å². The second-order valence-corrected chi connectivity index (χ2v) is 13.8. The molecule has 0 atom stereocenters. The number of hydrogen-bond donors (Lipinski definition) is 0. The molecule has 0 aliphatic rings. The molecule has 4 aromatic heterocycles. The average Bonchev–Trinajstić information content (AvgIpc) is 3.86. The SMILES string of the molecule is c1ccc(-n2c3ccccc3c3c4c5ccccc5n(-c5nc(-c6ccc7oc8cc9ccccc9cc8c7c6)c6ccccc6n5)c4ccc32)cc1. The van der Waals surface area contributed by atoms with Gasteiger partial charge in [-0.05, 0) is 83.6 Å². The maximum Gasteiger partial charge on any atom is 0.235 e. The zero-order valence-corrected chi connectivity index (χ0v) is 28.4. The van der Waals surface area contributed by atoms with Gasteiger partial charge in [-0.2, -0.15) is 0 Å². The Labute approximate surface area is 302 Å². The van der Waals surface area contributed by atoms with Crippen LogP contribution in [0.15, 0.2) is 174 Å². The topological polar surface area (TPSA) is 48.8 Å². The normalized spacial score (nSPS) is 12.2. The van der Waals surface area contributed by atoms with Gasteiger partial charge in [-0.25, -0.2) is 9.97 Å². The third kappa shape index (κ3) is 4.02. The first-order valence-corrected chi connectivity index (χ1v) is 17.9. The minimum atomic E-state index is 0.638. The molecule has 0 bridgehead atoms. The summed E-state index contributed by atoms with van der Waals surface area (Å²) in [7, 11) is 0. The lowest BCUT2D eigenvalue weighted by molar-refractivity contribution is 0.669. The summed E-state index contributed by atoms with van der Waals surface area (Å²) >= 11 is 0. The molecule has 0 unspecified atom stereocenters. The Kier molecular flexibility index (Phi) is 5.71. The zero-order valence-electron chi connectivity index (χ0n) is 28.4. The van der Waals surface area contributed by atoms with E-state index in [4.69, 9.17) is 14.4 Å². The monoisotopic (exact) mass is 676 g/mol. The van der Waals surface area contributed by atoms with Gasteiger partial charge in [-0.3, -0.25) is 4.57 Å². The van der Waals surface area contributed by atoms with Crippen molar-refractivity contribution in [2.24, 2.45) is 0 Å². The van der Waals surface area contributed by atoms with Crippen LogP contribution in [0.2, 0.25) is 0 Å². The van der Waals surface area contributed by atoms with Crippen molar-refractivity contribution in [3.8, 4) is 22.9 Å². The second kappa shape index (κ2) is 10.6. The Balaban J connectivity index is 1.15. The van der Waals surface area contributed by atoms with Gasteiger partial charge in [0.25, 0.3) is 0 Å². The fourth-order valence-electron chi connectivity index (χ4n) is 8.58. The lowest BCUT2D eigenvalue weighted by Gasteiger charge is -2.12. The molecule has 0 spiro atoms. The molecule has 0 saturated carbocycles. The predicted octanol–water partition coefficient (Wildman–Crippen LogP) is 12.5. The fourth-order valence-corrected chi connectivity index (χ4v) is 8.58. The summed E-state index contributed by atoms with van der Waals surface area (Å²) in [5.41, 5.74) is 10.2. The van der Waals surface area contributed by atoms with Crippen molar-refractivity contribution in [3.63, 3.8) is 0 Å². The molecule has 8 aromatic carbocycles. The molecular formula is C48H28N4O. The number of fused-ring (bicyclic) bond motifs is 12. The van der Waals surface area contributed by atoms with Crippen LogP contribution in [0.4, 0.5) is 0 Å². The van der Waals surface area contributed by atoms with Crippen molar-refractivity contribution in [1.29, 1.82) is 0 Å². The van der Waals surface area contributed by atoms with Crippen molar-refractivity contribution >= 4 is 87.2 Å². The van der Waals surface area contributed by atoms with Gasteiger partial charge in [0.1, 0.15) is 11.2 Å². The Morgan fingerprint density at radius 1 is 0.396 bits per heavy atom. The van der Waals surface area contributed by atoms with Gasteiger partial charge >= 0.3 is 0 Å². The Morgan fingerprint density at radius 2 is 1.00 bits per heavy atom. The summed E-state index contributed by atoms with van der Waals surface area (Å²) in [6.45, 7) is 0. The first-order valence-electron chi connectivity index (χ1n) is 17.9. The number of hydrogen-bond acceptors (Lipinski definition) is 3. The Hall–Kier alpha value is -7.24. The molecule has 0 fully saturated rings. The van der Waals surface area contributed by atoms with Gasteiger partial charge in [-0.15, -0.1) is 0 Å². The number of rotatable bonds is 3. The molecule has 53 heavy (non-hydrogen) atoms. The highest BCUT2D eigenvalue weighted by molar-refractivity contribution is 6.29. The molecular weight excluding hydrogens is 649 g/mol. The minimum Gasteiger partial charge on any atom is -0.456 e. The first-order chi connectivity index (χ1) is 26.3. The number of benzene rings is 8. The van der Waals surface area contributed by atoms with Crippen LogP contribution in [0.5, 0.6) is 0 Å². The van der Waals surface area contributed by atoms with Crippen LogP contribution in [0.3, 0.4) is 0 Å². The van der Waals surface area contributed by atoms with Crippen LogP contribution >= 0.6 is 0 Å². The van der Waals surface area contributed by atoms with E-state index in [0.29, 0.717) is 5.95 Å². The standard InChI is InChI=1S/C48H28N4O/c1-2-14-32(15-3-1)51-39-20-10-7-17-34(39)45-41(51)23-24-42-46(45)35-18-8-11-21-40(35)52(42)48-49-38-19-9-6-16-33(38)47(50-48)31-22-25-43-36(27-31)37-26-29-12-4-5-13-30(29)28-44(37)53-43/h1-28H. The lowest BCUT2D eigenvalue weighted by atomic mass is 10.0. The van der Waals surface area contributed by atoms with E-state index in [1.165, 1.54) is 43.4 Å². The summed E-state index contributed by atoms with van der Waals surface area (Å²) < 4.78 is 11.0. The van der Waals surface area contributed by atoms with Crippen molar-refractivity contribution < 1.29 is 4.42 Å². The molecule has 5 heteroatoms. The highest BCUT2D eigenvalue weighted by atomic mass is 16.3. The lowest BCUT2D eigenvalue weighted by Crippen LogP contribution is -2.03. The summed E-state index contributed by atoms with van der Waals surface area (Å²) in [6.07, 6.45) is 0. The van der Waals surface area contributed by atoms with E-state index in [-0.39, 0.29) is 0 Å². The fraction of sp³-hybridized carbons (Fsp3) is 0. The van der Waals surface area contributed by atoms with E-state index >= 15 is 0 Å². The molecule has 12 aromatic rings. The second-order valence-electron chi connectivity index (χ2n) is 13.8. The van der Waals surface area contributed by atoms with Crippen LogP contribution in [0.1, 0.15) is 0 Å². The molecule has 4 heterocycles. The highest BCUT2D eigenvalue weighted by Crippen LogP contribution is 2.43. The molecule has 0 radical (unpaired) electrons. The van der Waals surface area contributed by atoms with Crippen LogP contribution in [-0.2, 0) is 0 Å². The quantitative estimate of drug-likeness (QED) is 0.187. The number of furan rings is 1. The third-order valence-electron chi connectivity index (χ3n) is 10.9. The average molecular weight is 677 g/mol. The maximum atomic E-state index is 6.37. The van der Waals surface area contributed by atoms with E-state index in [1.54, 1.807) is 0 Å². The van der Waals surface area contributed by atoms with E-state index < -0.39 is 0 Å². The molecule has 0 N–H and O–H groups in total. The van der Waals surface area contributed by atoms with Crippen LogP contribution in [0.25, 0.3) is 110 Å². The van der Waals surface area contributed by atoms with Crippen molar-refractivity contribution in [3.05, 3.63) is 170 Å². The van der Waals surface area contributed by atoms with Gasteiger partial charge in [0.15, 0.2) is 0 Å². The molecule has 0 aliphatic heterocycles. The molecule has 0 saturated heterocycles. The third-order valence-corrected chi connectivity index (χ3v) is 10.9. The van der Waals surface area contributed by atoms with Crippen molar-refractivity contribution in [1.82, 2.24) is 19.1 Å². The van der Waals surface area contributed by atoms with E-state index in [2.05, 4.69) is 179 Å². The largest absolute Gasteiger partial charge is 0.456 e. The van der Waals surface area contributed by atoms with Gasteiger partial charge in [0.05, 0.1) is 33.3 Å². The van der Waals surface area contributed by atoms with Crippen molar-refractivity contribution in [2.45, 2.75) is 0 Å². The summed E-state index contributed by atoms with van der Waals surface area (Å²) in [4.78, 5) is 10.7. The molecule has 0 aliphatic carbocycles. The molecule has 12 rings (SSSR count). The summed E-state index contributed by atoms with van der Waals surface area (Å²) in [5, 5.41) is 10.3. The van der Waals surface area contributed by atoms with E-state index in [1.807, 2.05) is 0 Å². The van der Waals surface area contributed by atoms with Gasteiger partial charge in [0, 0.05) is 49.0 Å². The van der Waals surface area contributed by atoms with Crippen molar-refractivity contribution in [2.75, 3.05) is 0 Å². The van der Waals surface area contributed by atoms with E-state index in [0.717, 1.165) is 60.8 Å². The Morgan fingerprint density at radius 3 is 1.77 bits per heavy atom. The van der Waals surface area contributed by atoms with Crippen LogP contribution in [-0.4, -0.2) is 19.1 Å². The molecule has 5 nitrogen and oxygen atoms in total. The van der Waals surface area contributed by atoms with E-state index in [9.17, 15) is 0 Å². The van der Waals surface area contributed by atoms with Gasteiger partial charge in [0.2, 0.25) is 5.95 Å². The van der Waals surface area contributed by atoms with Gasteiger partial charge < -0.3 is 8.98 Å². The number of para-hydroxylation sites is 4. The number of aromatic nitrogens is 4. The highest BCUT2D eigenvalue weighted by Gasteiger charge is 2.22.